The maximum Gasteiger partial charge on any atom is 0.191 e. The Kier molecular flexibility index (Phi) is 11.0. The first-order valence-electron chi connectivity index (χ1n) is 11.2. The second-order valence-corrected chi connectivity index (χ2v) is 14.5. The van der Waals surface area contributed by atoms with Crippen molar-refractivity contribution in [3.63, 3.8) is 0 Å². The van der Waals surface area contributed by atoms with Crippen LogP contribution in [0.15, 0.2) is 0 Å². The molecule has 0 amide bonds. The minimum atomic E-state index is -1.62. The van der Waals surface area contributed by atoms with Gasteiger partial charge in [-0.1, -0.05) is 79.1 Å². The van der Waals surface area contributed by atoms with E-state index in [2.05, 4.69) is 40.8 Å². The fourth-order valence-corrected chi connectivity index (χ4v) is 4.29. The predicted octanol–water partition coefficient (Wildman–Crippen LogP) is 6.45. The highest BCUT2D eigenvalue weighted by Gasteiger charge is 2.43. The maximum absolute atomic E-state index is 10.3. The van der Waals surface area contributed by atoms with Gasteiger partial charge in [-0.15, -0.1) is 0 Å². The molecule has 0 aromatic heterocycles. The number of epoxide rings is 1. The van der Waals surface area contributed by atoms with Gasteiger partial charge >= 0.3 is 0 Å². The summed E-state index contributed by atoms with van der Waals surface area (Å²) in [6, 6.07) is 0. The fourth-order valence-electron chi connectivity index (χ4n) is 3.21. The molecule has 0 aromatic rings. The molecule has 1 fully saturated rings. The number of rotatable bonds is 15. The van der Waals surface area contributed by atoms with Gasteiger partial charge in [0, 0.05) is 6.61 Å². The standard InChI is InChI=1S/C22H46O3Si/c1-7-8-9-10-11-12-13-14-16-19(23)21-20(25-21)17-15-18-24-26(5,6)22(2,3)4/h19-21,23H,7-18H2,1-6H3/t19-,20-,21-/m0/s1. The Morgan fingerprint density at radius 1 is 0.962 bits per heavy atom. The Hall–Kier alpha value is 0.0969. The van der Waals surface area contributed by atoms with Crippen LogP contribution >= 0.6 is 0 Å². The summed E-state index contributed by atoms with van der Waals surface area (Å²) in [5.41, 5.74) is 0. The lowest BCUT2D eigenvalue weighted by Gasteiger charge is -2.36. The van der Waals surface area contributed by atoms with Gasteiger partial charge in [-0.3, -0.25) is 0 Å². The molecule has 3 atom stereocenters. The highest BCUT2D eigenvalue weighted by atomic mass is 28.4. The van der Waals surface area contributed by atoms with E-state index in [1.807, 2.05) is 0 Å². The zero-order chi connectivity index (χ0) is 19.6. The van der Waals surface area contributed by atoms with Gasteiger partial charge in [0.25, 0.3) is 0 Å². The monoisotopic (exact) mass is 386 g/mol. The van der Waals surface area contributed by atoms with E-state index in [0.717, 1.165) is 32.3 Å². The van der Waals surface area contributed by atoms with Crippen molar-refractivity contribution in [2.24, 2.45) is 0 Å². The number of aliphatic hydroxyl groups is 1. The first-order valence-corrected chi connectivity index (χ1v) is 14.1. The van der Waals surface area contributed by atoms with Crippen molar-refractivity contribution in [2.45, 2.75) is 135 Å². The number of ether oxygens (including phenoxy) is 1. The van der Waals surface area contributed by atoms with Gasteiger partial charge in [-0.05, 0) is 37.4 Å². The second kappa shape index (κ2) is 11.8. The molecule has 1 saturated heterocycles. The third kappa shape index (κ3) is 9.34. The van der Waals surface area contributed by atoms with Gasteiger partial charge in [0.2, 0.25) is 0 Å². The second-order valence-electron chi connectivity index (χ2n) is 9.72. The molecule has 1 aliphatic rings. The molecule has 0 unspecified atom stereocenters. The van der Waals surface area contributed by atoms with Crippen LogP contribution in [-0.2, 0) is 9.16 Å². The SMILES string of the molecule is CCCCCCCCCC[C@H](O)[C@@H]1O[C@H]1CCCO[Si](C)(C)C(C)(C)C. The molecule has 1 aliphatic heterocycles. The van der Waals surface area contributed by atoms with Crippen molar-refractivity contribution in [1.29, 1.82) is 0 Å². The zero-order valence-corrected chi connectivity index (χ0v) is 19.5. The van der Waals surface area contributed by atoms with E-state index in [1.165, 1.54) is 44.9 Å². The van der Waals surface area contributed by atoms with Crippen LogP contribution in [0.1, 0.15) is 98.3 Å². The van der Waals surface area contributed by atoms with Crippen molar-refractivity contribution in [1.82, 2.24) is 0 Å². The Bertz CT molecular complexity index is 365. The molecular formula is C22H46O3Si. The lowest BCUT2D eigenvalue weighted by atomic mass is 10.0. The summed E-state index contributed by atoms with van der Waals surface area (Å²) in [6.45, 7) is 14.5. The number of aliphatic hydroxyl groups excluding tert-OH is 1. The summed E-state index contributed by atoms with van der Waals surface area (Å²) in [7, 11) is -1.62. The molecule has 0 saturated carbocycles. The molecule has 156 valence electrons. The molecule has 0 bridgehead atoms. The first-order chi connectivity index (χ1) is 12.2. The van der Waals surface area contributed by atoms with Crippen molar-refractivity contribution < 1.29 is 14.3 Å². The minimum absolute atomic E-state index is 0.0902. The molecule has 0 aliphatic carbocycles. The molecule has 0 spiro atoms. The number of hydrogen-bond donors (Lipinski definition) is 1. The van der Waals surface area contributed by atoms with Gasteiger partial charge in [-0.2, -0.15) is 0 Å². The minimum Gasteiger partial charge on any atom is -0.417 e. The molecule has 0 aromatic carbocycles. The van der Waals surface area contributed by atoms with Crippen LogP contribution < -0.4 is 0 Å². The smallest absolute Gasteiger partial charge is 0.191 e. The quantitative estimate of drug-likeness (QED) is 0.200. The van der Waals surface area contributed by atoms with Crippen molar-refractivity contribution >= 4 is 8.32 Å². The molecule has 3 nitrogen and oxygen atoms in total. The Balaban J connectivity index is 1.99. The topological polar surface area (TPSA) is 42.0 Å². The molecule has 1 heterocycles. The van der Waals surface area contributed by atoms with E-state index < -0.39 is 8.32 Å². The molecule has 4 heteroatoms. The van der Waals surface area contributed by atoms with E-state index in [4.69, 9.17) is 9.16 Å². The average Bonchev–Trinajstić information content (AvgIpc) is 3.32. The van der Waals surface area contributed by atoms with Crippen molar-refractivity contribution in [3.05, 3.63) is 0 Å². The van der Waals surface area contributed by atoms with E-state index in [0.29, 0.717) is 0 Å². The normalized spacial score (nSPS) is 21.8. The summed E-state index contributed by atoms with van der Waals surface area (Å²) in [5, 5.41) is 10.6. The third-order valence-electron chi connectivity index (χ3n) is 6.26. The van der Waals surface area contributed by atoms with Crippen LogP contribution in [-0.4, -0.2) is 38.3 Å². The van der Waals surface area contributed by atoms with E-state index in [-0.39, 0.29) is 23.4 Å². The first kappa shape index (κ1) is 24.1. The van der Waals surface area contributed by atoms with E-state index in [1.54, 1.807) is 0 Å². The summed E-state index contributed by atoms with van der Waals surface area (Å²) in [5.74, 6) is 0. The Morgan fingerprint density at radius 3 is 2.12 bits per heavy atom. The summed E-state index contributed by atoms with van der Waals surface area (Å²) in [4.78, 5) is 0. The highest BCUT2D eigenvalue weighted by Crippen LogP contribution is 2.37. The highest BCUT2D eigenvalue weighted by molar-refractivity contribution is 6.74. The average molecular weight is 387 g/mol. The summed E-state index contributed by atoms with van der Waals surface area (Å²) >= 11 is 0. The van der Waals surface area contributed by atoms with Crippen molar-refractivity contribution in [2.75, 3.05) is 6.61 Å². The lowest BCUT2D eigenvalue weighted by molar-refractivity contribution is 0.123. The van der Waals surface area contributed by atoms with Gasteiger partial charge in [0.1, 0.15) is 6.10 Å². The van der Waals surface area contributed by atoms with Crippen LogP contribution in [0.25, 0.3) is 0 Å². The number of hydrogen-bond acceptors (Lipinski definition) is 3. The van der Waals surface area contributed by atoms with Crippen LogP contribution in [0.2, 0.25) is 18.1 Å². The Labute approximate surface area is 164 Å². The van der Waals surface area contributed by atoms with Gasteiger partial charge < -0.3 is 14.3 Å². The zero-order valence-electron chi connectivity index (χ0n) is 18.5. The van der Waals surface area contributed by atoms with E-state index >= 15 is 0 Å². The van der Waals surface area contributed by atoms with Crippen molar-refractivity contribution in [3.8, 4) is 0 Å². The molecular weight excluding hydrogens is 340 g/mol. The predicted molar refractivity (Wildman–Crippen MR) is 114 cm³/mol. The fraction of sp³-hybridized carbons (Fsp3) is 1.00. The van der Waals surface area contributed by atoms with Gasteiger partial charge in [0.05, 0.1) is 12.2 Å². The molecule has 1 N–H and O–H groups in total. The van der Waals surface area contributed by atoms with Gasteiger partial charge in [0.15, 0.2) is 8.32 Å². The lowest BCUT2D eigenvalue weighted by Crippen LogP contribution is -2.41. The summed E-state index contributed by atoms with van der Waals surface area (Å²) in [6.07, 6.45) is 13.6. The van der Waals surface area contributed by atoms with Crippen LogP contribution in [0.5, 0.6) is 0 Å². The maximum atomic E-state index is 10.3. The van der Waals surface area contributed by atoms with Crippen LogP contribution in [0.3, 0.4) is 0 Å². The van der Waals surface area contributed by atoms with Gasteiger partial charge in [-0.25, -0.2) is 0 Å². The van der Waals surface area contributed by atoms with Crippen LogP contribution in [0, 0.1) is 0 Å². The van der Waals surface area contributed by atoms with Crippen LogP contribution in [0.4, 0.5) is 0 Å². The summed E-state index contributed by atoms with van der Waals surface area (Å²) < 4.78 is 11.9. The third-order valence-corrected chi connectivity index (χ3v) is 10.8. The molecule has 26 heavy (non-hydrogen) atoms. The van der Waals surface area contributed by atoms with E-state index in [9.17, 15) is 5.11 Å². The largest absolute Gasteiger partial charge is 0.417 e. The number of unbranched alkanes of at least 4 members (excludes halogenated alkanes) is 7. The molecule has 1 rings (SSSR count). The Morgan fingerprint density at radius 2 is 1.54 bits per heavy atom. The molecule has 0 radical (unpaired) electrons.